The van der Waals surface area contributed by atoms with Crippen LogP contribution in [-0.4, -0.2) is 27.4 Å². The van der Waals surface area contributed by atoms with Crippen LogP contribution in [0.2, 0.25) is 0 Å². The first-order valence-electron chi connectivity index (χ1n) is 6.82. The quantitative estimate of drug-likeness (QED) is 0.717. The Labute approximate surface area is 134 Å². The molecule has 0 saturated carbocycles. The van der Waals surface area contributed by atoms with E-state index in [4.69, 9.17) is 14.5 Å². The van der Waals surface area contributed by atoms with Gasteiger partial charge in [-0.15, -0.1) is 10.2 Å². The van der Waals surface area contributed by atoms with Gasteiger partial charge in [-0.1, -0.05) is 18.2 Å². The van der Waals surface area contributed by atoms with Crippen LogP contribution in [0, 0.1) is 0 Å². The Morgan fingerprint density at radius 3 is 2.08 bits per heavy atom. The number of hydrogen-bond acceptors (Lipinski definition) is 5. The van der Waals surface area contributed by atoms with Crippen LogP contribution in [0.4, 0.5) is 13.2 Å². The molecule has 2 aromatic carbocycles. The van der Waals surface area contributed by atoms with Crippen LogP contribution in [0.3, 0.4) is 0 Å². The third-order valence-electron chi connectivity index (χ3n) is 3.32. The molecule has 0 unspecified atom stereocenters. The SMILES string of the molecule is OB(O)c1ccc(-c2nnc(-c3cccc(C(F)(F)F)c3)o2)cc1. The van der Waals surface area contributed by atoms with Gasteiger partial charge in [0.1, 0.15) is 0 Å². The van der Waals surface area contributed by atoms with E-state index in [1.54, 1.807) is 0 Å². The highest BCUT2D eigenvalue weighted by atomic mass is 19.4. The van der Waals surface area contributed by atoms with Gasteiger partial charge < -0.3 is 14.5 Å². The molecule has 2 N–H and O–H groups in total. The summed E-state index contributed by atoms with van der Waals surface area (Å²) >= 11 is 0. The first kappa shape index (κ1) is 16.2. The number of aromatic nitrogens is 2. The van der Waals surface area contributed by atoms with Crippen molar-refractivity contribution in [1.82, 2.24) is 10.2 Å². The monoisotopic (exact) mass is 334 g/mol. The smallest absolute Gasteiger partial charge is 0.423 e. The minimum Gasteiger partial charge on any atom is -0.423 e. The Morgan fingerprint density at radius 2 is 1.50 bits per heavy atom. The Balaban J connectivity index is 1.91. The van der Waals surface area contributed by atoms with Crippen molar-refractivity contribution < 1.29 is 27.6 Å². The molecule has 122 valence electrons. The summed E-state index contributed by atoms with van der Waals surface area (Å²) in [4.78, 5) is 0. The molecule has 0 saturated heterocycles. The normalized spacial score (nSPS) is 11.5. The van der Waals surface area contributed by atoms with Crippen molar-refractivity contribution in [2.24, 2.45) is 0 Å². The summed E-state index contributed by atoms with van der Waals surface area (Å²) < 4.78 is 43.7. The Kier molecular flexibility index (Phi) is 4.12. The average molecular weight is 334 g/mol. The van der Waals surface area contributed by atoms with E-state index in [1.165, 1.54) is 36.4 Å². The summed E-state index contributed by atoms with van der Waals surface area (Å²) in [5, 5.41) is 25.7. The van der Waals surface area contributed by atoms with Gasteiger partial charge in [-0.3, -0.25) is 0 Å². The maximum Gasteiger partial charge on any atom is 0.488 e. The number of hydrogen-bond donors (Lipinski definition) is 2. The molecule has 24 heavy (non-hydrogen) atoms. The number of alkyl halides is 3. The lowest BCUT2D eigenvalue weighted by Crippen LogP contribution is -2.29. The molecule has 3 aromatic rings. The maximum absolute atomic E-state index is 12.7. The molecule has 0 spiro atoms. The predicted octanol–water partition coefficient (Wildman–Crippen LogP) is 2.10. The molecule has 1 aromatic heterocycles. The largest absolute Gasteiger partial charge is 0.488 e. The highest BCUT2D eigenvalue weighted by Crippen LogP contribution is 2.32. The van der Waals surface area contributed by atoms with Crippen LogP contribution in [0.25, 0.3) is 22.9 Å². The van der Waals surface area contributed by atoms with Crippen molar-refractivity contribution in [3.05, 3.63) is 54.1 Å². The zero-order chi connectivity index (χ0) is 17.3. The summed E-state index contributed by atoms with van der Waals surface area (Å²) in [6.07, 6.45) is -4.46. The topological polar surface area (TPSA) is 79.4 Å². The van der Waals surface area contributed by atoms with Gasteiger partial charge in [0.2, 0.25) is 11.8 Å². The summed E-state index contributed by atoms with van der Waals surface area (Å²) in [6.45, 7) is 0. The molecule has 0 aliphatic rings. The highest BCUT2D eigenvalue weighted by Gasteiger charge is 2.30. The molecular formula is C15H10BF3N2O3. The number of halogens is 3. The van der Waals surface area contributed by atoms with Gasteiger partial charge in [-0.05, 0) is 35.8 Å². The molecule has 0 radical (unpaired) electrons. The first-order chi connectivity index (χ1) is 11.3. The molecule has 0 aliphatic carbocycles. The number of benzene rings is 2. The minimum atomic E-state index is -4.46. The summed E-state index contributed by atoms with van der Waals surface area (Å²) in [6, 6.07) is 10.6. The molecular weight excluding hydrogens is 324 g/mol. The van der Waals surface area contributed by atoms with Gasteiger partial charge >= 0.3 is 13.3 Å². The van der Waals surface area contributed by atoms with Crippen LogP contribution in [-0.2, 0) is 6.18 Å². The van der Waals surface area contributed by atoms with E-state index in [2.05, 4.69) is 10.2 Å². The van der Waals surface area contributed by atoms with E-state index in [1.807, 2.05) is 0 Å². The van der Waals surface area contributed by atoms with Crippen molar-refractivity contribution in [3.8, 4) is 22.9 Å². The Hall–Kier alpha value is -2.65. The Bertz CT molecular complexity index is 848. The van der Waals surface area contributed by atoms with Crippen LogP contribution >= 0.6 is 0 Å². The Morgan fingerprint density at radius 1 is 0.875 bits per heavy atom. The summed E-state index contributed by atoms with van der Waals surface area (Å²) in [5.74, 6) is 0.0729. The number of nitrogens with zero attached hydrogens (tertiary/aromatic N) is 2. The van der Waals surface area contributed by atoms with Crippen molar-refractivity contribution in [2.75, 3.05) is 0 Å². The van der Waals surface area contributed by atoms with Crippen molar-refractivity contribution >= 4 is 12.6 Å². The predicted molar refractivity (Wildman–Crippen MR) is 80.0 cm³/mol. The molecule has 0 atom stereocenters. The molecule has 0 amide bonds. The molecule has 0 bridgehead atoms. The zero-order valence-corrected chi connectivity index (χ0v) is 12.0. The number of rotatable bonds is 3. The molecule has 1 heterocycles. The van der Waals surface area contributed by atoms with Gasteiger partial charge in [-0.2, -0.15) is 13.2 Å². The maximum atomic E-state index is 12.7. The van der Waals surface area contributed by atoms with E-state index in [-0.39, 0.29) is 22.8 Å². The third-order valence-corrected chi connectivity index (χ3v) is 3.32. The summed E-state index contributed by atoms with van der Waals surface area (Å²) in [5.41, 5.74) is 0.147. The second kappa shape index (κ2) is 6.10. The molecule has 0 fully saturated rings. The zero-order valence-electron chi connectivity index (χ0n) is 12.0. The lowest BCUT2D eigenvalue weighted by atomic mass is 9.80. The summed E-state index contributed by atoms with van der Waals surface area (Å²) in [7, 11) is -1.59. The standard InChI is InChI=1S/C15H10BF3N2O3/c17-15(18,19)11-3-1-2-10(8-11)14-21-20-13(24-14)9-4-6-12(7-5-9)16(22)23/h1-8,22-23H. The molecule has 0 aliphatic heterocycles. The van der Waals surface area contributed by atoms with Crippen molar-refractivity contribution in [2.45, 2.75) is 6.18 Å². The van der Waals surface area contributed by atoms with E-state index < -0.39 is 18.9 Å². The fourth-order valence-corrected chi connectivity index (χ4v) is 2.08. The van der Waals surface area contributed by atoms with Gasteiger partial charge in [0.05, 0.1) is 5.56 Å². The van der Waals surface area contributed by atoms with Gasteiger partial charge in [0.25, 0.3) is 0 Å². The lowest BCUT2D eigenvalue weighted by Gasteiger charge is -2.06. The van der Waals surface area contributed by atoms with Gasteiger partial charge in [0.15, 0.2) is 0 Å². The van der Waals surface area contributed by atoms with Crippen molar-refractivity contribution in [3.63, 3.8) is 0 Å². The van der Waals surface area contributed by atoms with E-state index in [0.717, 1.165) is 12.1 Å². The minimum absolute atomic E-state index is 0.0395. The average Bonchev–Trinajstić information content (AvgIpc) is 3.04. The second-order valence-corrected chi connectivity index (χ2v) is 4.99. The van der Waals surface area contributed by atoms with Crippen LogP contribution in [0.15, 0.2) is 52.9 Å². The van der Waals surface area contributed by atoms with Gasteiger partial charge in [0, 0.05) is 11.1 Å². The van der Waals surface area contributed by atoms with E-state index in [0.29, 0.717) is 5.56 Å². The molecule has 5 nitrogen and oxygen atoms in total. The first-order valence-corrected chi connectivity index (χ1v) is 6.82. The van der Waals surface area contributed by atoms with E-state index in [9.17, 15) is 13.2 Å². The fourth-order valence-electron chi connectivity index (χ4n) is 2.08. The van der Waals surface area contributed by atoms with Crippen LogP contribution in [0.1, 0.15) is 5.56 Å². The van der Waals surface area contributed by atoms with Crippen LogP contribution in [0.5, 0.6) is 0 Å². The van der Waals surface area contributed by atoms with Gasteiger partial charge in [-0.25, -0.2) is 0 Å². The fraction of sp³-hybridized carbons (Fsp3) is 0.0667. The molecule has 3 rings (SSSR count). The lowest BCUT2D eigenvalue weighted by molar-refractivity contribution is -0.137. The van der Waals surface area contributed by atoms with Crippen LogP contribution < -0.4 is 5.46 Å². The third kappa shape index (κ3) is 3.31. The molecule has 9 heteroatoms. The second-order valence-electron chi connectivity index (χ2n) is 4.99. The highest BCUT2D eigenvalue weighted by molar-refractivity contribution is 6.58. The van der Waals surface area contributed by atoms with E-state index >= 15 is 0 Å². The van der Waals surface area contributed by atoms with Crippen molar-refractivity contribution in [1.29, 1.82) is 0 Å².